The van der Waals surface area contributed by atoms with E-state index in [9.17, 15) is 9.59 Å². The minimum absolute atomic E-state index is 0.0554. The van der Waals surface area contributed by atoms with Crippen LogP contribution in [-0.4, -0.2) is 56.4 Å². The Hall–Kier alpha value is -3.20. The second kappa shape index (κ2) is 8.27. The fourth-order valence-corrected chi connectivity index (χ4v) is 3.74. The monoisotopic (exact) mass is 410 g/mol. The molecule has 3 aromatic rings. The van der Waals surface area contributed by atoms with Crippen LogP contribution in [0, 0.1) is 6.92 Å². The Balaban J connectivity index is 1.40. The van der Waals surface area contributed by atoms with Gasteiger partial charge in [-0.1, -0.05) is 6.92 Å². The van der Waals surface area contributed by atoms with Gasteiger partial charge >= 0.3 is 0 Å². The summed E-state index contributed by atoms with van der Waals surface area (Å²) in [4.78, 5) is 37.7. The van der Waals surface area contributed by atoms with E-state index in [0.29, 0.717) is 35.9 Å². The Kier molecular flexibility index (Phi) is 5.54. The second-order valence-electron chi connectivity index (χ2n) is 7.55. The predicted molar refractivity (Wildman–Crippen MR) is 112 cm³/mol. The summed E-state index contributed by atoms with van der Waals surface area (Å²) < 4.78 is 8.02. The number of fused-ring (bicyclic) bond motifs is 1. The molecule has 1 aliphatic heterocycles. The van der Waals surface area contributed by atoms with E-state index < -0.39 is 0 Å². The van der Waals surface area contributed by atoms with Gasteiger partial charge in [-0.2, -0.15) is 0 Å². The van der Waals surface area contributed by atoms with E-state index in [1.807, 2.05) is 30.6 Å². The number of nitrogens with zero attached hydrogens (tertiary/aromatic N) is 4. The summed E-state index contributed by atoms with van der Waals surface area (Å²) in [5.74, 6) is 1.06. The number of amides is 1. The van der Waals surface area contributed by atoms with Crippen LogP contribution < -0.4 is 15.6 Å². The molecule has 1 atom stereocenters. The molecule has 4 heterocycles. The Bertz CT molecular complexity index is 1140. The molecule has 1 aliphatic rings. The summed E-state index contributed by atoms with van der Waals surface area (Å²) in [6.07, 6.45) is 5.45. The molecule has 30 heavy (non-hydrogen) atoms. The van der Waals surface area contributed by atoms with Crippen LogP contribution in [0.3, 0.4) is 0 Å². The highest BCUT2D eigenvalue weighted by molar-refractivity contribution is 5.92. The van der Waals surface area contributed by atoms with E-state index in [1.54, 1.807) is 19.2 Å². The largest absolute Gasteiger partial charge is 0.487 e. The SMILES string of the molecule is CCc1cn2cc(CN3CCC(Oc4ccc(C(=O)NC)nc4C)C3)nc2[nH]c1=O. The van der Waals surface area contributed by atoms with Crippen molar-refractivity contribution in [2.45, 2.75) is 39.3 Å². The van der Waals surface area contributed by atoms with Gasteiger partial charge in [-0.3, -0.25) is 23.9 Å². The zero-order valence-electron chi connectivity index (χ0n) is 17.4. The maximum Gasteiger partial charge on any atom is 0.269 e. The number of nitrogens with one attached hydrogen (secondary N) is 2. The molecule has 0 aromatic carbocycles. The molecular weight excluding hydrogens is 384 g/mol. The van der Waals surface area contributed by atoms with Gasteiger partial charge in [0, 0.05) is 44.6 Å². The van der Waals surface area contributed by atoms with Crippen molar-refractivity contribution in [3.63, 3.8) is 0 Å². The van der Waals surface area contributed by atoms with Gasteiger partial charge in [0.15, 0.2) is 0 Å². The van der Waals surface area contributed by atoms with Crippen LogP contribution in [0.5, 0.6) is 5.75 Å². The summed E-state index contributed by atoms with van der Waals surface area (Å²) in [5, 5.41) is 2.57. The smallest absolute Gasteiger partial charge is 0.269 e. The number of hydrogen-bond acceptors (Lipinski definition) is 6. The van der Waals surface area contributed by atoms with E-state index in [1.165, 1.54) is 0 Å². The minimum atomic E-state index is -0.212. The number of rotatable bonds is 6. The first kappa shape index (κ1) is 20.1. The normalized spacial score (nSPS) is 16.8. The molecule has 1 amide bonds. The number of aromatic amines is 1. The van der Waals surface area contributed by atoms with Gasteiger partial charge in [0.1, 0.15) is 17.5 Å². The molecule has 0 saturated carbocycles. The fourth-order valence-electron chi connectivity index (χ4n) is 3.74. The minimum Gasteiger partial charge on any atom is -0.487 e. The van der Waals surface area contributed by atoms with Crippen LogP contribution in [0.1, 0.15) is 40.8 Å². The number of carbonyl (C=O) groups is 1. The lowest BCUT2D eigenvalue weighted by atomic mass is 10.2. The van der Waals surface area contributed by atoms with Crippen LogP contribution in [-0.2, 0) is 13.0 Å². The third-order valence-electron chi connectivity index (χ3n) is 5.38. The standard InChI is InChI=1S/C21H26N6O3/c1-4-14-9-27-11-15(24-21(27)25-19(14)28)10-26-8-7-16(12-26)30-18-6-5-17(20(29)22-3)23-13(18)2/h5-6,9,11,16H,4,7-8,10,12H2,1-3H3,(H,22,29)(H,24,25,28). The van der Waals surface area contributed by atoms with Crippen molar-refractivity contribution in [1.29, 1.82) is 0 Å². The van der Waals surface area contributed by atoms with Crippen molar-refractivity contribution < 1.29 is 9.53 Å². The van der Waals surface area contributed by atoms with Crippen molar-refractivity contribution in [3.8, 4) is 5.75 Å². The third-order valence-corrected chi connectivity index (χ3v) is 5.38. The fraction of sp³-hybridized carbons (Fsp3) is 0.429. The third kappa shape index (κ3) is 4.06. The van der Waals surface area contributed by atoms with Crippen LogP contribution >= 0.6 is 0 Å². The number of likely N-dealkylation sites (tertiary alicyclic amines) is 1. The maximum absolute atomic E-state index is 12.0. The second-order valence-corrected chi connectivity index (χ2v) is 7.55. The van der Waals surface area contributed by atoms with Gasteiger partial charge in [-0.05, 0) is 31.9 Å². The van der Waals surface area contributed by atoms with Gasteiger partial charge in [0.05, 0.1) is 11.4 Å². The number of aryl methyl sites for hydroxylation is 2. The van der Waals surface area contributed by atoms with Gasteiger partial charge in [0.25, 0.3) is 11.5 Å². The highest BCUT2D eigenvalue weighted by atomic mass is 16.5. The lowest BCUT2D eigenvalue weighted by molar-refractivity contribution is 0.0957. The topological polar surface area (TPSA) is 105 Å². The van der Waals surface area contributed by atoms with Gasteiger partial charge in [0.2, 0.25) is 5.78 Å². The molecule has 0 spiro atoms. The first-order valence-electron chi connectivity index (χ1n) is 10.1. The highest BCUT2D eigenvalue weighted by Crippen LogP contribution is 2.22. The molecular formula is C21H26N6O3. The molecule has 158 valence electrons. The van der Waals surface area contributed by atoms with Gasteiger partial charge in [-0.15, -0.1) is 0 Å². The molecule has 3 aromatic heterocycles. The summed E-state index contributed by atoms with van der Waals surface area (Å²) in [6.45, 7) is 6.18. The number of imidazole rings is 1. The summed E-state index contributed by atoms with van der Waals surface area (Å²) in [7, 11) is 1.58. The summed E-state index contributed by atoms with van der Waals surface area (Å²) in [6, 6.07) is 3.48. The van der Waals surface area contributed by atoms with Crippen LogP contribution in [0.15, 0.2) is 29.3 Å². The Morgan fingerprint density at radius 3 is 2.90 bits per heavy atom. The molecule has 1 saturated heterocycles. The molecule has 9 heteroatoms. The molecule has 1 fully saturated rings. The number of ether oxygens (including phenoxy) is 1. The summed E-state index contributed by atoms with van der Waals surface area (Å²) >= 11 is 0. The van der Waals surface area contributed by atoms with Gasteiger partial charge < -0.3 is 10.1 Å². The van der Waals surface area contributed by atoms with E-state index in [4.69, 9.17) is 4.74 Å². The van der Waals surface area contributed by atoms with Crippen molar-refractivity contribution in [3.05, 3.63) is 57.5 Å². The predicted octanol–water partition coefficient (Wildman–Crippen LogP) is 1.30. The van der Waals surface area contributed by atoms with E-state index >= 15 is 0 Å². The molecule has 0 radical (unpaired) electrons. The molecule has 9 nitrogen and oxygen atoms in total. The van der Waals surface area contributed by atoms with Gasteiger partial charge in [-0.25, -0.2) is 9.97 Å². The van der Waals surface area contributed by atoms with Crippen molar-refractivity contribution in [1.82, 2.24) is 29.6 Å². The maximum atomic E-state index is 12.0. The molecule has 2 N–H and O–H groups in total. The van der Waals surface area contributed by atoms with E-state index in [2.05, 4.69) is 25.2 Å². The lowest BCUT2D eigenvalue weighted by Crippen LogP contribution is -2.25. The van der Waals surface area contributed by atoms with E-state index in [0.717, 1.165) is 30.8 Å². The molecule has 4 rings (SSSR count). The Labute approximate surface area is 174 Å². The average Bonchev–Trinajstić information content (AvgIpc) is 3.34. The number of hydrogen-bond donors (Lipinski definition) is 2. The number of pyridine rings is 1. The van der Waals surface area contributed by atoms with E-state index in [-0.39, 0.29) is 17.6 Å². The first-order chi connectivity index (χ1) is 14.5. The highest BCUT2D eigenvalue weighted by Gasteiger charge is 2.25. The quantitative estimate of drug-likeness (QED) is 0.635. The zero-order valence-corrected chi connectivity index (χ0v) is 17.4. The van der Waals surface area contributed by atoms with Crippen molar-refractivity contribution in [2.75, 3.05) is 20.1 Å². The Morgan fingerprint density at radius 2 is 2.17 bits per heavy atom. The van der Waals surface area contributed by atoms with Crippen LogP contribution in [0.25, 0.3) is 5.78 Å². The summed E-state index contributed by atoms with van der Waals surface area (Å²) in [5.41, 5.74) is 2.65. The number of carbonyl (C=O) groups excluding carboxylic acids is 1. The van der Waals surface area contributed by atoms with Crippen LogP contribution in [0.2, 0.25) is 0 Å². The zero-order chi connectivity index (χ0) is 21.3. The molecule has 0 aliphatic carbocycles. The van der Waals surface area contributed by atoms with Crippen molar-refractivity contribution >= 4 is 11.7 Å². The number of aromatic nitrogens is 4. The van der Waals surface area contributed by atoms with Crippen molar-refractivity contribution in [2.24, 2.45) is 0 Å². The average molecular weight is 410 g/mol. The molecule has 0 bridgehead atoms. The lowest BCUT2D eigenvalue weighted by Gasteiger charge is -2.17. The Morgan fingerprint density at radius 1 is 1.33 bits per heavy atom. The molecule has 1 unspecified atom stereocenters. The first-order valence-corrected chi connectivity index (χ1v) is 10.1. The number of H-pyrrole nitrogens is 1. The van der Waals surface area contributed by atoms with Crippen LogP contribution in [0.4, 0.5) is 0 Å².